The summed E-state index contributed by atoms with van der Waals surface area (Å²) in [6, 6.07) is 15.5. The highest BCUT2D eigenvalue weighted by molar-refractivity contribution is 8.00. The number of nitrogens with zero attached hydrogens (tertiary/aromatic N) is 2. The minimum atomic E-state index is 0.00653. The highest BCUT2D eigenvalue weighted by atomic mass is 35.5. The molecule has 0 bridgehead atoms. The van der Waals surface area contributed by atoms with Crippen molar-refractivity contribution in [1.82, 2.24) is 15.3 Å². The van der Waals surface area contributed by atoms with Crippen LogP contribution in [0.4, 0.5) is 0 Å². The van der Waals surface area contributed by atoms with Crippen LogP contribution in [0.25, 0.3) is 10.9 Å². The van der Waals surface area contributed by atoms with Gasteiger partial charge in [0.25, 0.3) is 0 Å². The number of hydrogen-bond donors (Lipinski definition) is 1. The molecule has 0 atom stereocenters. The van der Waals surface area contributed by atoms with Gasteiger partial charge >= 0.3 is 0 Å². The van der Waals surface area contributed by atoms with Crippen molar-refractivity contribution in [2.24, 2.45) is 0 Å². The quantitative estimate of drug-likeness (QED) is 0.355. The number of carbonyl (C=O) groups is 1. The number of aromatic nitrogens is 2. The van der Waals surface area contributed by atoms with Gasteiger partial charge in [0.05, 0.1) is 11.3 Å². The molecule has 0 aliphatic heterocycles. The Labute approximate surface area is 166 Å². The maximum atomic E-state index is 12.1. The lowest BCUT2D eigenvalue weighted by molar-refractivity contribution is -0.118. The van der Waals surface area contributed by atoms with E-state index in [9.17, 15) is 4.79 Å². The highest BCUT2D eigenvalue weighted by Gasteiger charge is 2.09. The molecule has 1 N–H and O–H groups in total. The van der Waals surface area contributed by atoms with Crippen LogP contribution in [-0.4, -0.2) is 33.9 Å². The Morgan fingerprint density at radius 2 is 1.85 bits per heavy atom. The topological polar surface area (TPSA) is 54.9 Å². The fourth-order valence-corrected chi connectivity index (χ4v) is 4.13. The largest absolute Gasteiger partial charge is 0.355 e. The first-order chi connectivity index (χ1) is 12.6. The van der Waals surface area contributed by atoms with Crippen molar-refractivity contribution in [3.63, 3.8) is 0 Å². The number of benzene rings is 2. The number of aryl methyl sites for hydroxylation is 1. The number of thioether (sulfide) groups is 2. The van der Waals surface area contributed by atoms with Crippen molar-refractivity contribution in [3.05, 3.63) is 59.4 Å². The third-order valence-corrected chi connectivity index (χ3v) is 5.78. The van der Waals surface area contributed by atoms with Crippen LogP contribution in [0.2, 0.25) is 5.02 Å². The maximum absolute atomic E-state index is 12.1. The number of amides is 1. The Morgan fingerprint density at radius 1 is 1.08 bits per heavy atom. The first-order valence-corrected chi connectivity index (χ1v) is 10.5. The Morgan fingerprint density at radius 3 is 2.65 bits per heavy atom. The lowest BCUT2D eigenvalue weighted by Crippen LogP contribution is -2.27. The van der Waals surface area contributed by atoms with Crippen molar-refractivity contribution in [3.8, 4) is 0 Å². The third kappa shape index (κ3) is 5.37. The molecule has 1 amide bonds. The van der Waals surface area contributed by atoms with Crippen LogP contribution in [0.15, 0.2) is 58.5 Å². The van der Waals surface area contributed by atoms with E-state index in [1.807, 2.05) is 55.5 Å². The zero-order chi connectivity index (χ0) is 18.4. The molecule has 2 aromatic carbocycles. The van der Waals surface area contributed by atoms with Gasteiger partial charge in [-0.05, 0) is 37.3 Å². The minimum Gasteiger partial charge on any atom is -0.355 e. The molecule has 3 rings (SSSR count). The number of hydrogen-bond acceptors (Lipinski definition) is 5. The first-order valence-electron chi connectivity index (χ1n) is 8.13. The second-order valence-electron chi connectivity index (χ2n) is 5.53. The summed E-state index contributed by atoms with van der Waals surface area (Å²) in [6.07, 6.45) is 0. The summed E-state index contributed by atoms with van der Waals surface area (Å²) in [7, 11) is 0. The zero-order valence-corrected chi connectivity index (χ0v) is 16.6. The fraction of sp³-hybridized carbons (Fsp3) is 0.211. The zero-order valence-electron chi connectivity index (χ0n) is 14.2. The molecule has 26 heavy (non-hydrogen) atoms. The van der Waals surface area contributed by atoms with E-state index >= 15 is 0 Å². The van der Waals surface area contributed by atoms with E-state index in [2.05, 4.69) is 15.3 Å². The van der Waals surface area contributed by atoms with Crippen molar-refractivity contribution >= 4 is 51.9 Å². The Bertz CT molecular complexity index is 903. The van der Waals surface area contributed by atoms with Gasteiger partial charge in [0.2, 0.25) is 5.91 Å². The molecule has 4 nitrogen and oxygen atoms in total. The van der Waals surface area contributed by atoms with Gasteiger partial charge in [-0.3, -0.25) is 4.79 Å². The molecule has 0 radical (unpaired) electrons. The van der Waals surface area contributed by atoms with E-state index in [4.69, 9.17) is 11.6 Å². The van der Waals surface area contributed by atoms with Crippen LogP contribution in [0.3, 0.4) is 0 Å². The van der Waals surface area contributed by atoms with Gasteiger partial charge in [0, 0.05) is 27.6 Å². The lowest BCUT2D eigenvalue weighted by Gasteiger charge is -2.07. The number of rotatable bonds is 7. The van der Waals surface area contributed by atoms with Crippen molar-refractivity contribution < 1.29 is 4.79 Å². The molecular formula is C19H18ClN3OS2. The Balaban J connectivity index is 1.46. The molecule has 0 fully saturated rings. The van der Waals surface area contributed by atoms with Gasteiger partial charge in [-0.2, -0.15) is 0 Å². The summed E-state index contributed by atoms with van der Waals surface area (Å²) in [6.45, 7) is 2.49. The summed E-state index contributed by atoms with van der Waals surface area (Å²) >= 11 is 9.00. The molecule has 3 aromatic rings. The number of para-hydroxylation sites is 1. The average Bonchev–Trinajstić information content (AvgIpc) is 2.64. The van der Waals surface area contributed by atoms with Crippen LogP contribution in [0.5, 0.6) is 0 Å². The Kier molecular flexibility index (Phi) is 6.77. The first kappa shape index (κ1) is 19.0. The van der Waals surface area contributed by atoms with E-state index in [1.165, 1.54) is 11.8 Å². The van der Waals surface area contributed by atoms with Crippen molar-refractivity contribution in [2.45, 2.75) is 16.8 Å². The highest BCUT2D eigenvalue weighted by Crippen LogP contribution is 2.25. The van der Waals surface area contributed by atoms with Crippen molar-refractivity contribution in [2.75, 3.05) is 18.1 Å². The van der Waals surface area contributed by atoms with Crippen LogP contribution < -0.4 is 5.32 Å². The predicted octanol–water partition coefficient (Wildman–Crippen LogP) is 4.59. The number of halogens is 1. The van der Waals surface area contributed by atoms with Gasteiger partial charge in [-0.25, -0.2) is 9.97 Å². The van der Waals surface area contributed by atoms with E-state index in [0.29, 0.717) is 18.1 Å². The summed E-state index contributed by atoms with van der Waals surface area (Å²) in [5, 5.41) is 5.50. The van der Waals surface area contributed by atoms with Crippen LogP contribution in [0.1, 0.15) is 5.82 Å². The van der Waals surface area contributed by atoms with Gasteiger partial charge in [-0.1, -0.05) is 41.6 Å². The van der Waals surface area contributed by atoms with E-state index in [-0.39, 0.29) is 5.91 Å². The summed E-state index contributed by atoms with van der Waals surface area (Å²) < 4.78 is 0. The lowest BCUT2D eigenvalue weighted by atomic mass is 10.2. The summed E-state index contributed by atoms with van der Waals surface area (Å²) in [4.78, 5) is 22.1. The van der Waals surface area contributed by atoms with Gasteiger partial charge < -0.3 is 5.32 Å². The molecule has 0 aliphatic carbocycles. The smallest absolute Gasteiger partial charge is 0.230 e. The fourth-order valence-electron chi connectivity index (χ4n) is 2.34. The molecule has 7 heteroatoms. The maximum Gasteiger partial charge on any atom is 0.230 e. The molecule has 0 unspecified atom stereocenters. The summed E-state index contributed by atoms with van der Waals surface area (Å²) in [5.41, 5.74) is 0.905. The van der Waals surface area contributed by atoms with Gasteiger partial charge in [-0.15, -0.1) is 11.8 Å². The molecule has 0 saturated carbocycles. The molecule has 1 aromatic heterocycles. The molecule has 0 saturated heterocycles. The van der Waals surface area contributed by atoms with E-state index in [1.54, 1.807) is 11.8 Å². The predicted molar refractivity (Wildman–Crippen MR) is 110 cm³/mol. The summed E-state index contributed by atoms with van der Waals surface area (Å²) in [5.74, 6) is 1.87. The Hall–Kier alpha value is -1.76. The minimum absolute atomic E-state index is 0.00653. The van der Waals surface area contributed by atoms with Crippen LogP contribution in [0, 0.1) is 6.92 Å². The van der Waals surface area contributed by atoms with E-state index < -0.39 is 0 Å². The second-order valence-corrected chi connectivity index (χ2v) is 8.10. The monoisotopic (exact) mass is 403 g/mol. The van der Waals surface area contributed by atoms with Crippen LogP contribution >= 0.6 is 35.1 Å². The molecule has 1 heterocycles. The molecule has 134 valence electrons. The molecule has 0 spiro atoms. The van der Waals surface area contributed by atoms with Crippen LogP contribution in [-0.2, 0) is 4.79 Å². The van der Waals surface area contributed by atoms with Gasteiger partial charge in [0.1, 0.15) is 10.9 Å². The average molecular weight is 404 g/mol. The third-order valence-electron chi connectivity index (χ3n) is 3.53. The SMILES string of the molecule is Cc1nc(SCC(=O)NCCSc2ccc(Cl)cc2)c2ccccc2n1. The molecule has 0 aliphatic rings. The number of fused-ring (bicyclic) bond motifs is 1. The number of carbonyl (C=O) groups excluding carboxylic acids is 1. The van der Waals surface area contributed by atoms with E-state index in [0.717, 1.165) is 31.6 Å². The number of nitrogens with one attached hydrogen (secondary N) is 1. The standard InChI is InChI=1S/C19H18ClN3OS2/c1-13-22-17-5-3-2-4-16(17)19(23-13)26-12-18(24)21-10-11-25-15-8-6-14(20)7-9-15/h2-9H,10-12H2,1H3,(H,21,24). The van der Waals surface area contributed by atoms with Crippen molar-refractivity contribution in [1.29, 1.82) is 0 Å². The molecular weight excluding hydrogens is 386 g/mol. The normalized spacial score (nSPS) is 10.8. The second kappa shape index (κ2) is 9.26. The van der Waals surface area contributed by atoms with Gasteiger partial charge in [0.15, 0.2) is 0 Å².